The summed E-state index contributed by atoms with van der Waals surface area (Å²) in [4.78, 5) is 0. The van der Waals surface area contributed by atoms with Gasteiger partial charge in [-0.05, 0) is 30.0 Å². The van der Waals surface area contributed by atoms with Gasteiger partial charge in [-0.2, -0.15) is 0 Å². The minimum absolute atomic E-state index is 0.0257. The first-order valence-electron chi connectivity index (χ1n) is 6.87. The van der Waals surface area contributed by atoms with Crippen LogP contribution in [-0.2, 0) is 15.8 Å². The van der Waals surface area contributed by atoms with Crippen molar-refractivity contribution in [1.29, 1.82) is 0 Å². The van der Waals surface area contributed by atoms with Crippen molar-refractivity contribution in [2.45, 2.75) is 37.9 Å². The second kappa shape index (κ2) is 6.39. The maximum absolute atomic E-state index is 11.9. The summed E-state index contributed by atoms with van der Waals surface area (Å²) in [5.41, 5.74) is 6.99. The van der Waals surface area contributed by atoms with E-state index in [-0.39, 0.29) is 5.75 Å². The topological polar surface area (TPSA) is 72.2 Å². The normalized spacial score (nSPS) is 16.8. The first-order valence-corrected chi connectivity index (χ1v) is 8.52. The van der Waals surface area contributed by atoms with Crippen LogP contribution < -0.4 is 10.5 Å². The summed E-state index contributed by atoms with van der Waals surface area (Å²) in [5, 5.41) is 0. The van der Waals surface area contributed by atoms with Crippen molar-refractivity contribution >= 4 is 15.7 Å². The van der Waals surface area contributed by atoms with Crippen molar-refractivity contribution in [2.75, 3.05) is 12.3 Å². The molecule has 5 heteroatoms. The zero-order valence-electron chi connectivity index (χ0n) is 11.1. The molecule has 0 aliphatic heterocycles. The Morgan fingerprint density at radius 2 is 1.79 bits per heavy atom. The molecule has 0 atom stereocenters. The Bertz CT molecular complexity index is 491. The molecule has 0 heterocycles. The van der Waals surface area contributed by atoms with Crippen LogP contribution in [0.15, 0.2) is 24.3 Å². The Kier molecular flexibility index (Phi) is 4.82. The number of benzene rings is 1. The number of nitrogens with two attached hydrogens (primary N) is 1. The van der Waals surface area contributed by atoms with E-state index in [4.69, 9.17) is 5.73 Å². The lowest BCUT2D eigenvalue weighted by molar-refractivity contribution is 0.495. The minimum atomic E-state index is -3.23. The van der Waals surface area contributed by atoms with Gasteiger partial charge >= 0.3 is 0 Å². The third kappa shape index (κ3) is 4.84. The van der Waals surface area contributed by atoms with E-state index in [0.717, 1.165) is 12.0 Å². The van der Waals surface area contributed by atoms with Gasteiger partial charge in [-0.15, -0.1) is 0 Å². The third-order valence-corrected chi connectivity index (χ3v) is 5.04. The lowest BCUT2D eigenvalue weighted by Crippen LogP contribution is -2.27. The highest BCUT2D eigenvalue weighted by atomic mass is 32.2. The molecule has 1 fully saturated rings. The van der Waals surface area contributed by atoms with Crippen LogP contribution in [-0.4, -0.2) is 15.0 Å². The monoisotopic (exact) mass is 282 g/mol. The number of sulfonamides is 1. The average Bonchev–Trinajstić information content (AvgIpc) is 2.85. The molecule has 1 aromatic carbocycles. The van der Waals surface area contributed by atoms with Crippen molar-refractivity contribution < 1.29 is 8.42 Å². The van der Waals surface area contributed by atoms with Crippen molar-refractivity contribution in [3.63, 3.8) is 0 Å². The Labute approximate surface area is 115 Å². The summed E-state index contributed by atoms with van der Waals surface area (Å²) in [6.45, 7) is 0.558. The Morgan fingerprint density at radius 3 is 2.42 bits per heavy atom. The van der Waals surface area contributed by atoms with Crippen molar-refractivity contribution in [3.8, 4) is 0 Å². The van der Waals surface area contributed by atoms with Gasteiger partial charge in [-0.25, -0.2) is 13.1 Å². The van der Waals surface area contributed by atoms with E-state index in [1.165, 1.54) is 25.7 Å². The fourth-order valence-corrected chi connectivity index (χ4v) is 3.76. The second-order valence-electron chi connectivity index (χ2n) is 5.33. The molecule has 19 heavy (non-hydrogen) atoms. The molecule has 0 radical (unpaired) electrons. The van der Waals surface area contributed by atoms with E-state index in [1.54, 1.807) is 24.3 Å². The highest BCUT2D eigenvalue weighted by Crippen LogP contribution is 2.26. The van der Waals surface area contributed by atoms with E-state index in [1.807, 2.05) is 0 Å². The number of hydrogen-bond donors (Lipinski definition) is 2. The van der Waals surface area contributed by atoms with Crippen LogP contribution in [0, 0.1) is 5.92 Å². The molecule has 0 bridgehead atoms. The van der Waals surface area contributed by atoms with Gasteiger partial charge in [0.05, 0.1) is 5.75 Å². The summed E-state index contributed by atoms with van der Waals surface area (Å²) in [6, 6.07) is 6.96. The minimum Gasteiger partial charge on any atom is -0.399 e. The SMILES string of the molecule is Nc1ccc(CS(=O)(=O)NCCC2CCCC2)cc1. The molecule has 106 valence electrons. The fraction of sp³-hybridized carbons (Fsp3) is 0.571. The number of rotatable bonds is 6. The highest BCUT2D eigenvalue weighted by Gasteiger charge is 2.16. The quantitative estimate of drug-likeness (QED) is 0.786. The predicted molar refractivity (Wildman–Crippen MR) is 78.1 cm³/mol. The van der Waals surface area contributed by atoms with Crippen LogP contribution in [0.5, 0.6) is 0 Å². The summed E-state index contributed by atoms with van der Waals surface area (Å²) < 4.78 is 26.5. The zero-order valence-corrected chi connectivity index (χ0v) is 12.0. The first kappa shape index (κ1) is 14.3. The number of anilines is 1. The standard InChI is InChI=1S/C14H22N2O2S/c15-14-7-5-13(6-8-14)11-19(17,18)16-10-9-12-3-1-2-4-12/h5-8,12,16H,1-4,9-11,15H2. The van der Waals surface area contributed by atoms with E-state index < -0.39 is 10.0 Å². The van der Waals surface area contributed by atoms with Gasteiger partial charge in [0.1, 0.15) is 0 Å². The molecule has 1 aliphatic carbocycles. The maximum Gasteiger partial charge on any atom is 0.215 e. The van der Waals surface area contributed by atoms with Crippen molar-refractivity contribution in [1.82, 2.24) is 4.72 Å². The molecular weight excluding hydrogens is 260 g/mol. The molecule has 0 aromatic heterocycles. The van der Waals surface area contributed by atoms with Crippen LogP contribution >= 0.6 is 0 Å². The molecule has 0 saturated heterocycles. The average molecular weight is 282 g/mol. The summed E-state index contributed by atoms with van der Waals surface area (Å²) in [5.74, 6) is 0.733. The zero-order chi connectivity index (χ0) is 13.7. The summed E-state index contributed by atoms with van der Waals surface area (Å²) >= 11 is 0. The molecule has 4 nitrogen and oxygen atoms in total. The highest BCUT2D eigenvalue weighted by molar-refractivity contribution is 7.88. The van der Waals surface area contributed by atoms with Gasteiger partial charge in [-0.1, -0.05) is 37.8 Å². The predicted octanol–water partition coefficient (Wildman–Crippen LogP) is 2.27. The molecule has 2 rings (SSSR count). The van der Waals surface area contributed by atoms with Crippen LogP contribution in [0.4, 0.5) is 5.69 Å². The lowest BCUT2D eigenvalue weighted by Gasteiger charge is -2.10. The Balaban J connectivity index is 1.79. The van der Waals surface area contributed by atoms with Gasteiger partial charge in [-0.3, -0.25) is 0 Å². The Morgan fingerprint density at radius 1 is 1.16 bits per heavy atom. The largest absolute Gasteiger partial charge is 0.399 e. The molecule has 1 saturated carbocycles. The molecule has 1 aromatic rings. The van der Waals surface area contributed by atoms with Crippen LogP contribution in [0.3, 0.4) is 0 Å². The molecule has 3 N–H and O–H groups in total. The first-order chi connectivity index (χ1) is 9.05. The smallest absolute Gasteiger partial charge is 0.215 e. The maximum atomic E-state index is 11.9. The van der Waals surface area contributed by atoms with Crippen molar-refractivity contribution in [3.05, 3.63) is 29.8 Å². The van der Waals surface area contributed by atoms with E-state index in [0.29, 0.717) is 18.2 Å². The van der Waals surface area contributed by atoms with Gasteiger partial charge in [0.15, 0.2) is 0 Å². The van der Waals surface area contributed by atoms with Gasteiger partial charge in [0.2, 0.25) is 10.0 Å². The van der Waals surface area contributed by atoms with Crippen LogP contribution in [0.2, 0.25) is 0 Å². The second-order valence-corrected chi connectivity index (χ2v) is 7.14. The summed E-state index contributed by atoms with van der Waals surface area (Å²) in [7, 11) is -3.23. The summed E-state index contributed by atoms with van der Waals surface area (Å²) in [6.07, 6.45) is 6.05. The van der Waals surface area contributed by atoms with Gasteiger partial charge in [0.25, 0.3) is 0 Å². The fourth-order valence-electron chi connectivity index (χ4n) is 2.60. The van der Waals surface area contributed by atoms with Crippen LogP contribution in [0.25, 0.3) is 0 Å². The van der Waals surface area contributed by atoms with Crippen molar-refractivity contribution in [2.24, 2.45) is 5.92 Å². The van der Waals surface area contributed by atoms with Gasteiger partial charge < -0.3 is 5.73 Å². The van der Waals surface area contributed by atoms with E-state index in [9.17, 15) is 8.42 Å². The van der Waals surface area contributed by atoms with Crippen LogP contribution in [0.1, 0.15) is 37.7 Å². The number of nitrogen functional groups attached to an aromatic ring is 1. The number of hydrogen-bond acceptors (Lipinski definition) is 3. The molecule has 1 aliphatic rings. The van der Waals surface area contributed by atoms with Gasteiger partial charge in [0, 0.05) is 12.2 Å². The Hall–Kier alpha value is -1.07. The lowest BCUT2D eigenvalue weighted by atomic mass is 10.1. The third-order valence-electron chi connectivity index (χ3n) is 3.69. The molecular formula is C14H22N2O2S. The van der Waals surface area contributed by atoms with E-state index >= 15 is 0 Å². The molecule has 0 amide bonds. The molecule has 0 unspecified atom stereocenters. The van der Waals surface area contributed by atoms with E-state index in [2.05, 4.69) is 4.72 Å². The number of nitrogens with one attached hydrogen (secondary N) is 1. The molecule has 0 spiro atoms.